The first-order valence-corrected chi connectivity index (χ1v) is 9.07. The van der Waals surface area contributed by atoms with Gasteiger partial charge in [0.1, 0.15) is 17.2 Å². The van der Waals surface area contributed by atoms with Crippen molar-refractivity contribution >= 4 is 17.2 Å². The van der Waals surface area contributed by atoms with Crippen molar-refractivity contribution < 1.29 is 9.53 Å². The summed E-state index contributed by atoms with van der Waals surface area (Å²) in [5.41, 5.74) is 1.17. The van der Waals surface area contributed by atoms with Crippen LogP contribution in [0.5, 0.6) is 5.75 Å². The number of fused-ring (bicyclic) bond motifs is 2. The monoisotopic (exact) mass is 348 g/mol. The maximum atomic E-state index is 12.6. The highest BCUT2D eigenvalue weighted by Gasteiger charge is 2.41. The average molecular weight is 348 g/mol. The van der Waals surface area contributed by atoms with Crippen LogP contribution < -0.4 is 9.64 Å². The molecule has 0 N–H and O–H groups in total. The molecular formula is C20H20N4O2. The molecule has 0 radical (unpaired) electrons. The van der Waals surface area contributed by atoms with Crippen molar-refractivity contribution in [1.29, 1.82) is 0 Å². The Labute approximate surface area is 151 Å². The standard InChI is InChI=1S/C20H20N4O2/c25-16-12-20(26-17-5-2-1-4-15(16)17)6-3-9-23(10-7-20)19-14-21-13-18-22-8-11-24(18)19/h1-2,4-5,8,11,13-14H,3,6-7,9-10,12H2. The molecule has 1 aromatic carbocycles. The smallest absolute Gasteiger partial charge is 0.170 e. The molecule has 2 aliphatic rings. The molecular weight excluding hydrogens is 328 g/mol. The quantitative estimate of drug-likeness (QED) is 0.676. The Morgan fingerprint density at radius 1 is 1.12 bits per heavy atom. The van der Waals surface area contributed by atoms with E-state index in [1.807, 2.05) is 36.7 Å². The van der Waals surface area contributed by atoms with E-state index in [4.69, 9.17) is 4.74 Å². The lowest BCUT2D eigenvalue weighted by Crippen LogP contribution is -2.43. The third-order valence-electron chi connectivity index (χ3n) is 5.51. The number of Topliss-reactive ketones (excluding diaryl/α,β-unsaturated/α-hetero) is 1. The predicted molar refractivity (Wildman–Crippen MR) is 97.8 cm³/mol. The highest BCUT2D eigenvalue weighted by Crippen LogP contribution is 2.39. The molecule has 2 aliphatic heterocycles. The summed E-state index contributed by atoms with van der Waals surface area (Å²) >= 11 is 0. The fourth-order valence-corrected chi connectivity index (χ4v) is 4.19. The second kappa shape index (κ2) is 5.83. The Kier molecular flexibility index (Phi) is 3.45. The first kappa shape index (κ1) is 15.4. The molecule has 0 saturated carbocycles. The second-order valence-electron chi connectivity index (χ2n) is 7.14. The minimum Gasteiger partial charge on any atom is -0.486 e. The summed E-state index contributed by atoms with van der Waals surface area (Å²) in [6.07, 6.45) is 10.5. The van der Waals surface area contributed by atoms with Gasteiger partial charge in [0, 0.05) is 31.9 Å². The molecule has 0 amide bonds. The second-order valence-corrected chi connectivity index (χ2v) is 7.14. The van der Waals surface area contributed by atoms with Crippen LogP contribution in [-0.4, -0.2) is 38.8 Å². The summed E-state index contributed by atoms with van der Waals surface area (Å²) in [5, 5.41) is 0. The largest absolute Gasteiger partial charge is 0.486 e. The highest BCUT2D eigenvalue weighted by molar-refractivity contribution is 6.00. The van der Waals surface area contributed by atoms with Crippen molar-refractivity contribution in [3.8, 4) is 5.75 Å². The predicted octanol–water partition coefficient (Wildman–Crippen LogP) is 3.12. The summed E-state index contributed by atoms with van der Waals surface area (Å²) < 4.78 is 8.45. The highest BCUT2D eigenvalue weighted by atomic mass is 16.5. The molecule has 6 heteroatoms. The maximum Gasteiger partial charge on any atom is 0.170 e. The van der Waals surface area contributed by atoms with Crippen LogP contribution in [0.1, 0.15) is 36.0 Å². The first-order chi connectivity index (χ1) is 12.7. The lowest BCUT2D eigenvalue weighted by atomic mass is 9.84. The fraction of sp³-hybridized carbons (Fsp3) is 0.350. The lowest BCUT2D eigenvalue weighted by molar-refractivity contribution is 0.0323. The Hall–Kier alpha value is -2.89. The van der Waals surface area contributed by atoms with Crippen molar-refractivity contribution in [2.24, 2.45) is 0 Å². The number of hydrogen-bond donors (Lipinski definition) is 0. The van der Waals surface area contributed by atoms with E-state index >= 15 is 0 Å². The number of ketones is 1. The van der Waals surface area contributed by atoms with Gasteiger partial charge in [0.25, 0.3) is 0 Å². The number of ether oxygens (including phenoxy) is 1. The SMILES string of the molecule is O=C1CC2(CCCN(c3cncc4nccn34)CC2)Oc2ccccc21. The van der Waals surface area contributed by atoms with Crippen molar-refractivity contribution in [3.63, 3.8) is 0 Å². The van der Waals surface area contributed by atoms with E-state index < -0.39 is 5.60 Å². The van der Waals surface area contributed by atoms with Crippen molar-refractivity contribution in [3.05, 3.63) is 54.6 Å². The van der Waals surface area contributed by atoms with E-state index in [2.05, 4.69) is 19.3 Å². The summed E-state index contributed by atoms with van der Waals surface area (Å²) in [6, 6.07) is 7.59. The van der Waals surface area contributed by atoms with Gasteiger partial charge in [-0.2, -0.15) is 0 Å². The number of carbonyl (C=O) groups excluding carboxylic acids is 1. The third kappa shape index (κ3) is 2.44. The molecule has 26 heavy (non-hydrogen) atoms. The Bertz CT molecular complexity index is 983. The van der Waals surface area contributed by atoms with E-state index in [1.54, 1.807) is 12.4 Å². The summed E-state index contributed by atoms with van der Waals surface area (Å²) in [5.74, 6) is 1.97. The number of rotatable bonds is 1. The minimum atomic E-state index is -0.392. The number of carbonyl (C=O) groups is 1. The van der Waals surface area contributed by atoms with Crippen molar-refractivity contribution in [2.45, 2.75) is 31.3 Å². The van der Waals surface area contributed by atoms with E-state index in [0.29, 0.717) is 12.0 Å². The maximum absolute atomic E-state index is 12.6. The molecule has 5 rings (SSSR count). The van der Waals surface area contributed by atoms with Crippen molar-refractivity contribution in [2.75, 3.05) is 18.0 Å². The molecule has 0 bridgehead atoms. The van der Waals surface area contributed by atoms with Crippen LogP contribution in [-0.2, 0) is 0 Å². The zero-order chi connectivity index (χ0) is 17.6. The number of anilines is 1. The van der Waals surface area contributed by atoms with Crippen LogP contribution >= 0.6 is 0 Å². The molecule has 1 unspecified atom stereocenters. The minimum absolute atomic E-state index is 0.193. The Balaban J connectivity index is 1.43. The Morgan fingerprint density at radius 3 is 3.00 bits per heavy atom. The molecule has 132 valence electrons. The zero-order valence-electron chi connectivity index (χ0n) is 14.5. The van der Waals surface area contributed by atoms with Gasteiger partial charge in [0.2, 0.25) is 0 Å². The summed E-state index contributed by atoms with van der Waals surface area (Å²) in [6.45, 7) is 1.74. The fourth-order valence-electron chi connectivity index (χ4n) is 4.19. The molecule has 1 spiro atoms. The van der Waals surface area contributed by atoms with Gasteiger partial charge in [0.15, 0.2) is 11.4 Å². The Morgan fingerprint density at radius 2 is 2.04 bits per heavy atom. The molecule has 3 aromatic rings. The summed E-state index contributed by atoms with van der Waals surface area (Å²) in [7, 11) is 0. The number of aromatic nitrogens is 3. The molecule has 1 atom stereocenters. The van der Waals surface area contributed by atoms with Crippen LogP contribution in [0.4, 0.5) is 5.82 Å². The zero-order valence-corrected chi connectivity index (χ0v) is 14.5. The number of hydrogen-bond acceptors (Lipinski definition) is 5. The van der Waals surface area contributed by atoms with E-state index in [-0.39, 0.29) is 5.78 Å². The summed E-state index contributed by atoms with van der Waals surface area (Å²) in [4.78, 5) is 23.6. The van der Waals surface area contributed by atoms with Crippen LogP contribution in [0.25, 0.3) is 5.65 Å². The first-order valence-electron chi connectivity index (χ1n) is 9.07. The van der Waals surface area contributed by atoms with Gasteiger partial charge in [-0.1, -0.05) is 12.1 Å². The van der Waals surface area contributed by atoms with Gasteiger partial charge >= 0.3 is 0 Å². The van der Waals surface area contributed by atoms with Gasteiger partial charge in [-0.3, -0.25) is 14.2 Å². The van der Waals surface area contributed by atoms with Gasteiger partial charge in [-0.05, 0) is 25.0 Å². The van der Waals surface area contributed by atoms with Crippen LogP contribution in [0.15, 0.2) is 49.1 Å². The van der Waals surface area contributed by atoms with E-state index in [9.17, 15) is 4.79 Å². The van der Waals surface area contributed by atoms with Gasteiger partial charge in [0.05, 0.1) is 24.4 Å². The van der Waals surface area contributed by atoms with Gasteiger partial charge in [-0.25, -0.2) is 4.98 Å². The number of para-hydroxylation sites is 1. The molecule has 0 aliphatic carbocycles. The lowest BCUT2D eigenvalue weighted by Gasteiger charge is -2.37. The van der Waals surface area contributed by atoms with E-state index in [0.717, 1.165) is 49.6 Å². The molecule has 2 aromatic heterocycles. The van der Waals surface area contributed by atoms with Crippen molar-refractivity contribution in [1.82, 2.24) is 14.4 Å². The number of nitrogens with zero attached hydrogens (tertiary/aromatic N) is 4. The number of imidazole rings is 1. The van der Waals surface area contributed by atoms with Crippen LogP contribution in [0.2, 0.25) is 0 Å². The topological polar surface area (TPSA) is 59.7 Å². The molecule has 1 saturated heterocycles. The molecule has 1 fully saturated rings. The van der Waals surface area contributed by atoms with E-state index in [1.165, 1.54) is 0 Å². The molecule has 4 heterocycles. The van der Waals surface area contributed by atoms with Gasteiger partial charge < -0.3 is 9.64 Å². The number of benzene rings is 1. The average Bonchev–Trinajstić information content (AvgIpc) is 3.05. The van der Waals surface area contributed by atoms with Crippen LogP contribution in [0.3, 0.4) is 0 Å². The van der Waals surface area contributed by atoms with Gasteiger partial charge in [-0.15, -0.1) is 0 Å². The normalized spacial score (nSPS) is 22.9. The molecule has 6 nitrogen and oxygen atoms in total. The van der Waals surface area contributed by atoms with Crippen LogP contribution in [0, 0.1) is 0 Å². The third-order valence-corrected chi connectivity index (χ3v) is 5.51.